The number of amides is 1. The number of nitrogens with one attached hydrogen (secondary N) is 1. The van der Waals surface area contributed by atoms with Gasteiger partial charge in [0.05, 0.1) is 28.0 Å². The van der Waals surface area contributed by atoms with Gasteiger partial charge in [-0.25, -0.2) is 21.6 Å². The average Bonchev–Trinajstić information content (AvgIpc) is 3.06. The third-order valence-corrected chi connectivity index (χ3v) is 15.3. The van der Waals surface area contributed by atoms with Crippen molar-refractivity contribution in [2.75, 3.05) is 49.1 Å². The number of benzene rings is 2. The number of β-amino-alcohol motifs (C(OH)–C–C–N with tert-alkyl or cyclic N) is 1. The number of rotatable bonds is 2. The van der Waals surface area contributed by atoms with E-state index in [0.29, 0.717) is 69.4 Å². The molecule has 2 aromatic carbocycles. The van der Waals surface area contributed by atoms with Crippen LogP contribution in [0.4, 0.5) is 5.69 Å². The SMILES string of the molecule is C[C@@H]1[C@@H](C)CCC[C@](O)(CN2CCS(=O)(=O)CC2)[C@@H]2CC[C@H]2CN2CCCCc3cc(Cl)ccc3COc3ccc(cc32)C(=O)NS1(=O)=O. The molecule has 270 valence electrons. The van der Waals surface area contributed by atoms with E-state index in [-0.39, 0.29) is 34.8 Å². The number of carbonyl (C=O) groups excluding carboxylic acids is 1. The Balaban J connectivity index is 1.36. The maximum absolute atomic E-state index is 13.5. The number of carbonyl (C=O) groups is 1. The summed E-state index contributed by atoms with van der Waals surface area (Å²) in [6, 6.07) is 11.0. The van der Waals surface area contributed by atoms with Crippen molar-refractivity contribution in [3.8, 4) is 5.75 Å². The van der Waals surface area contributed by atoms with Gasteiger partial charge in [0.2, 0.25) is 10.0 Å². The molecule has 0 spiro atoms. The Hall–Kier alpha value is -2.38. The number of halogens is 1. The molecule has 13 heteroatoms. The minimum absolute atomic E-state index is 0.00386. The minimum atomic E-state index is -3.99. The molecule has 1 saturated heterocycles. The molecule has 3 heterocycles. The lowest BCUT2D eigenvalue weighted by Crippen LogP contribution is -2.57. The molecule has 2 bridgehead atoms. The molecule has 1 aliphatic carbocycles. The number of anilines is 1. The van der Waals surface area contributed by atoms with Crippen LogP contribution in [0.5, 0.6) is 5.75 Å². The monoisotopic (exact) mass is 735 g/mol. The first kappa shape index (κ1) is 36.4. The van der Waals surface area contributed by atoms with E-state index in [1.165, 1.54) is 0 Å². The Kier molecular flexibility index (Phi) is 10.9. The Morgan fingerprint density at radius 1 is 0.959 bits per heavy atom. The quantitative estimate of drug-likeness (QED) is 0.446. The molecule has 4 aliphatic rings. The van der Waals surface area contributed by atoms with Crippen LogP contribution in [0.25, 0.3) is 0 Å². The van der Waals surface area contributed by atoms with Gasteiger partial charge in [0.15, 0.2) is 9.84 Å². The Labute approximate surface area is 296 Å². The van der Waals surface area contributed by atoms with Gasteiger partial charge < -0.3 is 14.7 Å². The number of nitrogens with zero attached hydrogens (tertiary/aromatic N) is 2. The van der Waals surface area contributed by atoms with Crippen molar-refractivity contribution in [2.45, 2.75) is 82.7 Å². The molecule has 0 aromatic heterocycles. The topological polar surface area (TPSA) is 133 Å². The zero-order chi connectivity index (χ0) is 35.0. The van der Waals surface area contributed by atoms with E-state index in [4.69, 9.17) is 16.3 Å². The molecule has 1 saturated carbocycles. The van der Waals surface area contributed by atoms with E-state index in [1.54, 1.807) is 25.1 Å². The number of hydrogen-bond donors (Lipinski definition) is 2. The highest BCUT2D eigenvalue weighted by atomic mass is 35.5. The molecule has 3 aliphatic heterocycles. The van der Waals surface area contributed by atoms with Gasteiger partial charge >= 0.3 is 0 Å². The Morgan fingerprint density at radius 3 is 2.47 bits per heavy atom. The zero-order valence-corrected chi connectivity index (χ0v) is 31.0. The Morgan fingerprint density at radius 2 is 1.73 bits per heavy atom. The molecule has 6 rings (SSSR count). The van der Waals surface area contributed by atoms with Gasteiger partial charge in [-0.1, -0.05) is 31.0 Å². The fraction of sp³-hybridized carbons (Fsp3) is 0.639. The van der Waals surface area contributed by atoms with E-state index in [1.807, 2.05) is 25.1 Å². The molecular formula is C36H50ClN3O7S2. The maximum atomic E-state index is 13.5. The lowest BCUT2D eigenvalue weighted by Gasteiger charge is -2.51. The summed E-state index contributed by atoms with van der Waals surface area (Å²) < 4.78 is 60.0. The van der Waals surface area contributed by atoms with Crippen molar-refractivity contribution in [3.05, 3.63) is 58.1 Å². The summed E-state index contributed by atoms with van der Waals surface area (Å²) in [5.41, 5.74) is 2.11. The second-order valence-corrected chi connectivity index (χ2v) is 19.6. The molecule has 2 fully saturated rings. The lowest BCUT2D eigenvalue weighted by atomic mass is 9.62. The van der Waals surface area contributed by atoms with E-state index in [0.717, 1.165) is 48.9 Å². The second-order valence-electron chi connectivity index (χ2n) is 14.8. The van der Waals surface area contributed by atoms with Gasteiger partial charge in [0.25, 0.3) is 5.91 Å². The Bertz CT molecular complexity index is 1740. The van der Waals surface area contributed by atoms with Crippen molar-refractivity contribution in [1.82, 2.24) is 9.62 Å². The van der Waals surface area contributed by atoms with E-state index in [2.05, 4.69) is 14.5 Å². The fourth-order valence-electron chi connectivity index (χ4n) is 8.09. The van der Waals surface area contributed by atoms with Crippen LogP contribution in [0, 0.1) is 17.8 Å². The molecule has 10 nitrogen and oxygen atoms in total. The van der Waals surface area contributed by atoms with Crippen LogP contribution in [0.15, 0.2) is 36.4 Å². The fourth-order valence-corrected chi connectivity index (χ4v) is 10.9. The van der Waals surface area contributed by atoms with Crippen LogP contribution in [-0.2, 0) is 32.9 Å². The van der Waals surface area contributed by atoms with Gasteiger partial charge in [-0.2, -0.15) is 0 Å². The number of fused-ring (bicyclic) bond motifs is 3. The molecule has 0 unspecified atom stereocenters. The number of sulfonamides is 1. The maximum Gasteiger partial charge on any atom is 0.264 e. The highest BCUT2D eigenvalue weighted by molar-refractivity contribution is 7.91. The van der Waals surface area contributed by atoms with Gasteiger partial charge in [-0.15, -0.1) is 0 Å². The normalized spacial score (nSPS) is 31.1. The zero-order valence-electron chi connectivity index (χ0n) is 28.6. The lowest BCUT2D eigenvalue weighted by molar-refractivity contribution is -0.105. The first-order valence-electron chi connectivity index (χ1n) is 17.7. The summed E-state index contributed by atoms with van der Waals surface area (Å²) in [5, 5.41) is 12.4. The largest absolute Gasteiger partial charge is 0.487 e. The van der Waals surface area contributed by atoms with E-state index in [9.17, 15) is 26.7 Å². The predicted octanol–water partition coefficient (Wildman–Crippen LogP) is 4.82. The van der Waals surface area contributed by atoms with Crippen LogP contribution in [0.3, 0.4) is 0 Å². The second kappa shape index (κ2) is 14.7. The van der Waals surface area contributed by atoms with E-state index < -0.39 is 36.6 Å². The molecule has 2 N–H and O–H groups in total. The number of sulfone groups is 1. The van der Waals surface area contributed by atoms with Crippen LogP contribution in [0.1, 0.15) is 80.3 Å². The van der Waals surface area contributed by atoms with Gasteiger partial charge in [-0.3, -0.25) is 9.69 Å². The number of aryl methyl sites for hydroxylation is 1. The molecule has 5 atom stereocenters. The van der Waals surface area contributed by atoms with Crippen LogP contribution in [-0.4, -0.2) is 87.8 Å². The number of ether oxygens (including phenoxy) is 1. The first-order valence-corrected chi connectivity index (χ1v) is 21.5. The summed E-state index contributed by atoms with van der Waals surface area (Å²) >= 11 is 6.35. The standard InChI is InChI=1S/C36H50ClN3O7S2/c1-25-6-5-14-36(42,24-39-16-18-48(43,44)19-17-39)32-12-9-29(32)22-40-15-4-3-7-27-20-31(37)11-8-30(27)23-47-34-13-10-28(21-33(34)40)35(41)38-49(45,46)26(25)2/h8,10-11,13,20-21,25-26,29,32,42H,3-7,9,12,14-19,22-24H2,1-2H3,(H,38,41)/t25-,26+,29-,32+,36-/m0/s1. The van der Waals surface area contributed by atoms with Crippen molar-refractivity contribution in [3.63, 3.8) is 0 Å². The molecule has 49 heavy (non-hydrogen) atoms. The van der Waals surface area contributed by atoms with Crippen LogP contribution in [0.2, 0.25) is 5.02 Å². The third kappa shape index (κ3) is 8.41. The molecule has 1 amide bonds. The number of aliphatic hydroxyl groups is 1. The van der Waals surface area contributed by atoms with Crippen molar-refractivity contribution < 1.29 is 31.5 Å². The van der Waals surface area contributed by atoms with Crippen molar-refractivity contribution >= 4 is 43.1 Å². The summed E-state index contributed by atoms with van der Waals surface area (Å²) in [6.07, 6.45) is 6.13. The highest BCUT2D eigenvalue weighted by Gasteiger charge is 2.48. The highest BCUT2D eigenvalue weighted by Crippen LogP contribution is 2.46. The summed E-state index contributed by atoms with van der Waals surface area (Å²) in [6.45, 7) is 6.36. The predicted molar refractivity (Wildman–Crippen MR) is 192 cm³/mol. The molecular weight excluding hydrogens is 686 g/mol. The van der Waals surface area contributed by atoms with Gasteiger partial charge in [0, 0.05) is 43.3 Å². The summed E-state index contributed by atoms with van der Waals surface area (Å²) in [5.74, 6) is 0.0456. The third-order valence-electron chi connectivity index (χ3n) is 11.5. The minimum Gasteiger partial charge on any atom is -0.487 e. The smallest absolute Gasteiger partial charge is 0.264 e. The summed E-state index contributed by atoms with van der Waals surface area (Å²) in [7, 11) is -7.05. The summed E-state index contributed by atoms with van der Waals surface area (Å²) in [4.78, 5) is 17.8. The van der Waals surface area contributed by atoms with Crippen molar-refractivity contribution in [1.29, 1.82) is 0 Å². The molecule has 2 aromatic rings. The van der Waals surface area contributed by atoms with E-state index >= 15 is 0 Å². The number of hydrogen-bond acceptors (Lipinski definition) is 9. The van der Waals surface area contributed by atoms with Crippen molar-refractivity contribution in [2.24, 2.45) is 17.8 Å². The molecule has 0 radical (unpaired) electrons. The van der Waals surface area contributed by atoms with Crippen LogP contribution < -0.4 is 14.4 Å². The van der Waals surface area contributed by atoms with Crippen LogP contribution >= 0.6 is 11.6 Å². The van der Waals surface area contributed by atoms with Gasteiger partial charge in [-0.05, 0) is 111 Å². The van der Waals surface area contributed by atoms with Gasteiger partial charge in [0.1, 0.15) is 12.4 Å². The first-order chi connectivity index (χ1) is 23.2. The average molecular weight is 736 g/mol.